The van der Waals surface area contributed by atoms with Crippen molar-refractivity contribution in [2.45, 2.75) is 31.1 Å². The van der Waals surface area contributed by atoms with E-state index in [2.05, 4.69) is 18.7 Å². The van der Waals surface area contributed by atoms with Crippen LogP contribution in [0, 0.1) is 0 Å². The highest BCUT2D eigenvalue weighted by molar-refractivity contribution is 8.00. The van der Waals surface area contributed by atoms with Gasteiger partial charge < -0.3 is 10.8 Å². The maximum atomic E-state index is 9.46. The van der Waals surface area contributed by atoms with Gasteiger partial charge in [-0.25, -0.2) is 0 Å². The first kappa shape index (κ1) is 12.3. The van der Waals surface area contributed by atoms with Crippen LogP contribution in [0.1, 0.15) is 20.3 Å². The molecule has 0 aromatic heterocycles. The Morgan fingerprint density at radius 3 is 2.86 bits per heavy atom. The van der Waals surface area contributed by atoms with Gasteiger partial charge in [0.1, 0.15) is 0 Å². The van der Waals surface area contributed by atoms with Gasteiger partial charge in [0.05, 0.1) is 6.10 Å². The molecular formula is C10H22N2OS. The van der Waals surface area contributed by atoms with E-state index < -0.39 is 0 Å². The molecule has 3 nitrogen and oxygen atoms in total. The lowest BCUT2D eigenvalue weighted by atomic mass is 10.1. The minimum atomic E-state index is -0.360. The summed E-state index contributed by atoms with van der Waals surface area (Å²) in [6, 6.07) is 0. The lowest BCUT2D eigenvalue weighted by molar-refractivity contribution is 0.121. The average molecular weight is 218 g/mol. The minimum absolute atomic E-state index is 0.360. The van der Waals surface area contributed by atoms with Crippen LogP contribution < -0.4 is 5.73 Å². The number of aliphatic hydroxyl groups is 1. The Hall–Kier alpha value is 0.230. The molecule has 1 atom stereocenters. The fourth-order valence-corrected chi connectivity index (χ4v) is 2.76. The van der Waals surface area contributed by atoms with E-state index >= 15 is 0 Å². The first-order chi connectivity index (χ1) is 6.53. The molecule has 0 unspecified atom stereocenters. The second-order valence-electron chi connectivity index (χ2n) is 4.55. The van der Waals surface area contributed by atoms with Gasteiger partial charge >= 0.3 is 0 Å². The van der Waals surface area contributed by atoms with Gasteiger partial charge in [0, 0.05) is 30.1 Å². The van der Waals surface area contributed by atoms with Crippen LogP contribution in [0.25, 0.3) is 0 Å². The third-order valence-corrected chi connectivity index (χ3v) is 4.04. The molecule has 1 aliphatic heterocycles. The Labute approximate surface area is 91.0 Å². The van der Waals surface area contributed by atoms with Crippen molar-refractivity contribution in [2.75, 3.05) is 31.9 Å². The van der Waals surface area contributed by atoms with E-state index in [1.54, 1.807) is 0 Å². The molecule has 1 rings (SSSR count). The largest absolute Gasteiger partial charge is 0.390 e. The van der Waals surface area contributed by atoms with Crippen LogP contribution in [-0.4, -0.2) is 52.8 Å². The summed E-state index contributed by atoms with van der Waals surface area (Å²) in [4.78, 5) is 2.32. The summed E-state index contributed by atoms with van der Waals surface area (Å²) in [7, 11) is 0. The van der Waals surface area contributed by atoms with E-state index in [-0.39, 0.29) is 6.10 Å². The van der Waals surface area contributed by atoms with E-state index in [1.807, 2.05) is 11.8 Å². The first-order valence-corrected chi connectivity index (χ1v) is 6.26. The lowest BCUT2D eigenvalue weighted by Crippen LogP contribution is -2.38. The Morgan fingerprint density at radius 2 is 2.21 bits per heavy atom. The zero-order chi connectivity index (χ0) is 10.6. The predicted octanol–water partition coefficient (Wildman–Crippen LogP) is 0.524. The van der Waals surface area contributed by atoms with Gasteiger partial charge in [0.15, 0.2) is 0 Å². The molecule has 0 radical (unpaired) electrons. The van der Waals surface area contributed by atoms with Crippen LogP contribution in [0.15, 0.2) is 0 Å². The zero-order valence-corrected chi connectivity index (χ0v) is 10.0. The van der Waals surface area contributed by atoms with Crippen LogP contribution in [0.4, 0.5) is 0 Å². The van der Waals surface area contributed by atoms with Crippen molar-refractivity contribution in [3.8, 4) is 0 Å². The van der Waals surface area contributed by atoms with Crippen molar-refractivity contribution >= 4 is 11.8 Å². The van der Waals surface area contributed by atoms with Crippen LogP contribution >= 0.6 is 11.8 Å². The molecule has 0 aromatic carbocycles. The standard InChI is InChI=1S/C10H22N2OS/c1-10(2)3-4-12(5-6-14-10)8-9(13)7-11/h9,13H,3-8,11H2,1-2H3/t9-/m0/s1. The maximum absolute atomic E-state index is 9.46. The minimum Gasteiger partial charge on any atom is -0.390 e. The van der Waals surface area contributed by atoms with Crippen LogP contribution in [0.5, 0.6) is 0 Å². The van der Waals surface area contributed by atoms with Gasteiger partial charge in [-0.2, -0.15) is 11.8 Å². The maximum Gasteiger partial charge on any atom is 0.0789 e. The predicted molar refractivity (Wildman–Crippen MR) is 62.7 cm³/mol. The third-order valence-electron chi connectivity index (χ3n) is 2.67. The fraction of sp³-hybridized carbons (Fsp3) is 1.00. The van der Waals surface area contributed by atoms with Gasteiger partial charge in [0.2, 0.25) is 0 Å². The Kier molecular flexibility index (Phi) is 4.70. The second-order valence-corrected chi connectivity index (χ2v) is 6.35. The number of β-amino-alcohol motifs (C(OH)–C–C–N with tert-alkyl or cyclic N) is 1. The summed E-state index contributed by atoms with van der Waals surface area (Å²) >= 11 is 2.03. The van der Waals surface area contributed by atoms with E-state index in [0.717, 1.165) is 25.4 Å². The molecule has 0 saturated carbocycles. The van der Waals surface area contributed by atoms with Gasteiger partial charge in [-0.05, 0) is 13.0 Å². The molecule has 1 aliphatic rings. The topological polar surface area (TPSA) is 49.5 Å². The zero-order valence-electron chi connectivity index (χ0n) is 9.20. The molecule has 84 valence electrons. The molecule has 0 bridgehead atoms. The summed E-state index contributed by atoms with van der Waals surface area (Å²) < 4.78 is 0.391. The smallest absolute Gasteiger partial charge is 0.0789 e. The highest BCUT2D eigenvalue weighted by atomic mass is 32.2. The summed E-state index contributed by atoms with van der Waals surface area (Å²) in [5.74, 6) is 1.16. The van der Waals surface area contributed by atoms with E-state index in [4.69, 9.17) is 5.73 Å². The van der Waals surface area contributed by atoms with Gasteiger partial charge in [-0.3, -0.25) is 4.90 Å². The number of hydrogen-bond donors (Lipinski definition) is 2. The number of nitrogens with two attached hydrogens (primary N) is 1. The molecular weight excluding hydrogens is 196 g/mol. The van der Waals surface area contributed by atoms with Crippen molar-refractivity contribution in [1.82, 2.24) is 4.90 Å². The quantitative estimate of drug-likeness (QED) is 0.725. The van der Waals surface area contributed by atoms with Crippen molar-refractivity contribution in [3.63, 3.8) is 0 Å². The molecule has 0 spiro atoms. The third kappa shape index (κ3) is 4.17. The molecule has 0 aliphatic carbocycles. The van der Waals surface area contributed by atoms with Crippen LogP contribution in [-0.2, 0) is 0 Å². The molecule has 1 saturated heterocycles. The number of nitrogens with zero attached hydrogens (tertiary/aromatic N) is 1. The molecule has 0 amide bonds. The number of hydrogen-bond acceptors (Lipinski definition) is 4. The summed E-state index contributed by atoms with van der Waals surface area (Å²) in [5.41, 5.74) is 5.40. The fourth-order valence-electron chi connectivity index (χ4n) is 1.62. The molecule has 4 heteroatoms. The Morgan fingerprint density at radius 1 is 1.50 bits per heavy atom. The van der Waals surface area contributed by atoms with E-state index in [9.17, 15) is 5.11 Å². The average Bonchev–Trinajstić information content (AvgIpc) is 2.28. The lowest BCUT2D eigenvalue weighted by Gasteiger charge is -2.23. The molecule has 3 N–H and O–H groups in total. The second kappa shape index (κ2) is 5.35. The number of rotatable bonds is 3. The first-order valence-electron chi connectivity index (χ1n) is 5.28. The van der Waals surface area contributed by atoms with Crippen molar-refractivity contribution in [3.05, 3.63) is 0 Å². The van der Waals surface area contributed by atoms with Gasteiger partial charge in [-0.15, -0.1) is 0 Å². The van der Waals surface area contributed by atoms with Crippen LogP contribution in [0.2, 0.25) is 0 Å². The Balaban J connectivity index is 2.35. The molecule has 1 fully saturated rings. The number of aliphatic hydroxyl groups excluding tert-OH is 1. The summed E-state index contributed by atoms with van der Waals surface area (Å²) in [5, 5.41) is 9.46. The van der Waals surface area contributed by atoms with E-state index in [0.29, 0.717) is 11.3 Å². The van der Waals surface area contributed by atoms with E-state index in [1.165, 1.54) is 6.42 Å². The van der Waals surface area contributed by atoms with Gasteiger partial charge in [0.25, 0.3) is 0 Å². The highest BCUT2D eigenvalue weighted by Crippen LogP contribution is 2.30. The molecule has 1 heterocycles. The highest BCUT2D eigenvalue weighted by Gasteiger charge is 2.24. The van der Waals surface area contributed by atoms with Crippen molar-refractivity contribution < 1.29 is 5.11 Å². The van der Waals surface area contributed by atoms with Crippen molar-refractivity contribution in [1.29, 1.82) is 0 Å². The SMILES string of the molecule is CC1(C)CCN(C[C@@H](O)CN)CCS1. The summed E-state index contributed by atoms with van der Waals surface area (Å²) in [6.07, 6.45) is 0.829. The van der Waals surface area contributed by atoms with Gasteiger partial charge in [-0.1, -0.05) is 13.8 Å². The monoisotopic (exact) mass is 218 g/mol. The summed E-state index contributed by atoms with van der Waals surface area (Å²) in [6.45, 7) is 7.84. The normalized spacial score (nSPS) is 25.7. The molecule has 0 aromatic rings. The Bertz CT molecular complexity index is 176. The number of thioether (sulfide) groups is 1. The van der Waals surface area contributed by atoms with Crippen LogP contribution in [0.3, 0.4) is 0 Å². The molecule has 14 heavy (non-hydrogen) atoms. The van der Waals surface area contributed by atoms with Crippen molar-refractivity contribution in [2.24, 2.45) is 5.73 Å².